The van der Waals surface area contributed by atoms with Gasteiger partial charge in [0.15, 0.2) is 5.82 Å². The molecule has 2 amide bonds. The van der Waals surface area contributed by atoms with E-state index in [1.54, 1.807) is 18.3 Å². The van der Waals surface area contributed by atoms with Crippen LogP contribution in [0, 0.1) is 0 Å². The second kappa shape index (κ2) is 6.27. The molecule has 0 aromatic carbocycles. The second-order valence-electron chi connectivity index (χ2n) is 3.71. The molecule has 0 spiro atoms. The Labute approximate surface area is 113 Å². The lowest BCUT2D eigenvalue weighted by Crippen LogP contribution is -2.19. The molecule has 0 aliphatic rings. The number of anilines is 2. The minimum Gasteiger partial charge on any atom is -0.453 e. The van der Waals surface area contributed by atoms with Gasteiger partial charge in [-0.3, -0.25) is 15.1 Å². The Morgan fingerprint density at radius 3 is 2.95 bits per heavy atom. The van der Waals surface area contributed by atoms with Gasteiger partial charge in [-0.1, -0.05) is 5.21 Å². The van der Waals surface area contributed by atoms with Crippen LogP contribution in [-0.2, 0) is 16.1 Å². The van der Waals surface area contributed by atoms with Crippen molar-refractivity contribution in [1.29, 1.82) is 0 Å². The lowest BCUT2D eigenvalue weighted by Gasteiger charge is -2.03. The highest BCUT2D eigenvalue weighted by atomic mass is 16.5. The van der Waals surface area contributed by atoms with Crippen LogP contribution in [0.3, 0.4) is 0 Å². The molecule has 2 heterocycles. The van der Waals surface area contributed by atoms with Crippen molar-refractivity contribution in [3.63, 3.8) is 0 Å². The molecule has 0 unspecified atom stereocenters. The van der Waals surface area contributed by atoms with Gasteiger partial charge in [0.25, 0.3) is 0 Å². The Morgan fingerprint density at radius 1 is 1.40 bits per heavy atom. The average molecular weight is 276 g/mol. The predicted molar refractivity (Wildman–Crippen MR) is 68.9 cm³/mol. The Bertz CT molecular complexity index is 597. The van der Waals surface area contributed by atoms with Crippen LogP contribution in [0.5, 0.6) is 0 Å². The Morgan fingerprint density at radius 2 is 2.25 bits per heavy atom. The first kappa shape index (κ1) is 13.5. The highest BCUT2D eigenvalue weighted by molar-refractivity contribution is 5.90. The van der Waals surface area contributed by atoms with Crippen molar-refractivity contribution in [2.24, 2.45) is 0 Å². The number of carbonyl (C=O) groups excluding carboxylic acids is 2. The van der Waals surface area contributed by atoms with E-state index in [9.17, 15) is 9.59 Å². The monoisotopic (exact) mass is 276 g/mol. The number of pyridine rings is 1. The maximum atomic E-state index is 11.7. The summed E-state index contributed by atoms with van der Waals surface area (Å²) in [6, 6.07) is 3.43. The first-order chi connectivity index (χ1) is 9.67. The molecule has 2 aromatic rings. The summed E-state index contributed by atoms with van der Waals surface area (Å²) in [6.45, 7) is -0.0370. The highest BCUT2D eigenvalue weighted by Gasteiger charge is 2.08. The molecule has 9 heteroatoms. The molecule has 9 nitrogen and oxygen atoms in total. The van der Waals surface area contributed by atoms with Crippen molar-refractivity contribution >= 4 is 23.5 Å². The van der Waals surface area contributed by atoms with Gasteiger partial charge in [0, 0.05) is 6.20 Å². The zero-order chi connectivity index (χ0) is 14.4. The number of hydrogen-bond donors (Lipinski definition) is 2. The molecule has 20 heavy (non-hydrogen) atoms. The summed E-state index contributed by atoms with van der Waals surface area (Å²) in [7, 11) is 1.24. The molecule has 2 rings (SSSR count). The van der Waals surface area contributed by atoms with E-state index < -0.39 is 6.09 Å². The smallest absolute Gasteiger partial charge is 0.412 e. The Balaban J connectivity index is 1.90. The Hall–Kier alpha value is -2.97. The molecule has 0 bridgehead atoms. The summed E-state index contributed by atoms with van der Waals surface area (Å²) in [4.78, 5) is 26.6. The molecular weight excluding hydrogens is 264 g/mol. The molecule has 0 fully saturated rings. The van der Waals surface area contributed by atoms with Gasteiger partial charge in [0.05, 0.1) is 25.2 Å². The minimum atomic E-state index is -0.656. The third-order valence-corrected chi connectivity index (χ3v) is 2.21. The first-order valence-corrected chi connectivity index (χ1v) is 5.62. The number of nitrogens with zero attached hydrogens (tertiary/aromatic N) is 4. The third-order valence-electron chi connectivity index (χ3n) is 2.21. The van der Waals surface area contributed by atoms with Gasteiger partial charge in [-0.2, -0.15) is 0 Å². The summed E-state index contributed by atoms with van der Waals surface area (Å²) in [5.74, 6) is -0.0847. The molecule has 0 saturated heterocycles. The first-order valence-electron chi connectivity index (χ1n) is 5.62. The van der Waals surface area contributed by atoms with E-state index in [0.717, 1.165) is 0 Å². The molecule has 2 N–H and O–H groups in total. The van der Waals surface area contributed by atoms with Gasteiger partial charge in [0.2, 0.25) is 5.91 Å². The quantitative estimate of drug-likeness (QED) is 0.840. The van der Waals surface area contributed by atoms with Crippen LogP contribution in [0.4, 0.5) is 16.3 Å². The van der Waals surface area contributed by atoms with Crippen LogP contribution >= 0.6 is 0 Å². The zero-order valence-corrected chi connectivity index (χ0v) is 10.6. The number of rotatable bonds is 4. The fraction of sp³-hybridized carbons (Fsp3) is 0.182. The van der Waals surface area contributed by atoms with Crippen LogP contribution in [0.2, 0.25) is 0 Å². The van der Waals surface area contributed by atoms with Gasteiger partial charge in [-0.05, 0) is 12.1 Å². The summed E-state index contributed by atoms with van der Waals surface area (Å²) >= 11 is 0. The van der Waals surface area contributed by atoms with E-state index in [1.807, 2.05) is 0 Å². The van der Waals surface area contributed by atoms with Gasteiger partial charge in [0.1, 0.15) is 6.54 Å². The number of hydrogen-bond acceptors (Lipinski definition) is 6. The molecule has 0 radical (unpaired) electrons. The molecule has 2 aromatic heterocycles. The van der Waals surface area contributed by atoms with E-state index in [2.05, 4.69) is 30.7 Å². The van der Waals surface area contributed by atoms with Crippen LogP contribution < -0.4 is 10.6 Å². The zero-order valence-electron chi connectivity index (χ0n) is 10.6. The fourth-order valence-corrected chi connectivity index (χ4v) is 1.37. The number of ether oxygens (including phenoxy) is 1. The minimum absolute atomic E-state index is 0.0370. The number of nitrogens with one attached hydrogen (secondary N) is 2. The average Bonchev–Trinajstić information content (AvgIpc) is 2.86. The van der Waals surface area contributed by atoms with Gasteiger partial charge in [-0.25, -0.2) is 9.48 Å². The van der Waals surface area contributed by atoms with Gasteiger partial charge >= 0.3 is 6.09 Å². The summed E-state index contributed by atoms with van der Waals surface area (Å²) < 4.78 is 5.70. The topological polar surface area (TPSA) is 111 Å². The molecule has 0 aliphatic carbocycles. The second-order valence-corrected chi connectivity index (χ2v) is 3.71. The standard InChI is InChI=1S/C11H12N6O3/c1-20-11(19)14-9-6-17(16-15-9)7-10(18)13-8-3-2-4-12-5-8/h2-6H,7H2,1H3,(H,13,18)(H,14,19). The van der Waals surface area contributed by atoms with E-state index in [-0.39, 0.29) is 18.3 Å². The van der Waals surface area contributed by atoms with E-state index in [4.69, 9.17) is 0 Å². The molecular formula is C11H12N6O3. The summed E-state index contributed by atoms with van der Waals surface area (Å²) in [5.41, 5.74) is 0.588. The molecule has 0 atom stereocenters. The van der Waals surface area contributed by atoms with Gasteiger partial charge in [-0.15, -0.1) is 5.10 Å². The maximum Gasteiger partial charge on any atom is 0.412 e. The van der Waals surface area contributed by atoms with Crippen LogP contribution in [0.25, 0.3) is 0 Å². The SMILES string of the molecule is COC(=O)Nc1cn(CC(=O)Nc2cccnc2)nn1. The van der Waals surface area contributed by atoms with Crippen molar-refractivity contribution in [3.8, 4) is 0 Å². The van der Waals surface area contributed by atoms with Crippen LogP contribution in [0.1, 0.15) is 0 Å². The summed E-state index contributed by atoms with van der Waals surface area (Å²) in [5, 5.41) is 12.4. The van der Waals surface area contributed by atoms with E-state index >= 15 is 0 Å². The van der Waals surface area contributed by atoms with E-state index in [0.29, 0.717) is 5.69 Å². The van der Waals surface area contributed by atoms with E-state index in [1.165, 1.54) is 24.2 Å². The number of aromatic nitrogens is 4. The van der Waals surface area contributed by atoms with Crippen molar-refractivity contribution in [2.45, 2.75) is 6.54 Å². The predicted octanol–water partition coefficient (Wildman–Crippen LogP) is 0.490. The molecule has 104 valence electrons. The van der Waals surface area contributed by atoms with Crippen LogP contribution in [-0.4, -0.2) is 39.1 Å². The van der Waals surface area contributed by atoms with Crippen molar-refractivity contribution in [1.82, 2.24) is 20.0 Å². The largest absolute Gasteiger partial charge is 0.453 e. The van der Waals surface area contributed by atoms with Crippen molar-refractivity contribution < 1.29 is 14.3 Å². The van der Waals surface area contributed by atoms with Gasteiger partial charge < -0.3 is 10.1 Å². The third kappa shape index (κ3) is 3.77. The molecule has 0 saturated carbocycles. The van der Waals surface area contributed by atoms with Crippen molar-refractivity contribution in [3.05, 3.63) is 30.7 Å². The van der Waals surface area contributed by atoms with Crippen LogP contribution in [0.15, 0.2) is 30.7 Å². The normalized spacial score (nSPS) is 9.85. The number of methoxy groups -OCH3 is 1. The number of carbonyl (C=O) groups is 2. The maximum absolute atomic E-state index is 11.7. The lowest BCUT2D eigenvalue weighted by molar-refractivity contribution is -0.116. The number of amides is 2. The Kier molecular flexibility index (Phi) is 4.22. The fourth-order valence-electron chi connectivity index (χ4n) is 1.37. The highest BCUT2D eigenvalue weighted by Crippen LogP contribution is 2.04. The van der Waals surface area contributed by atoms with Crippen molar-refractivity contribution in [2.75, 3.05) is 17.7 Å². The summed E-state index contributed by atoms with van der Waals surface area (Å²) in [6.07, 6.45) is 3.90. The lowest BCUT2D eigenvalue weighted by atomic mass is 10.4. The molecule has 0 aliphatic heterocycles.